The number of nitrogens with one attached hydrogen (secondary N) is 1. The van der Waals surface area contributed by atoms with Crippen LogP contribution in [0.2, 0.25) is 5.02 Å². The molecule has 0 saturated heterocycles. The van der Waals surface area contributed by atoms with Crippen LogP contribution in [0.15, 0.2) is 58.2 Å². The van der Waals surface area contributed by atoms with Crippen LogP contribution >= 0.6 is 23.4 Å². The Morgan fingerprint density at radius 2 is 1.89 bits per heavy atom. The van der Waals surface area contributed by atoms with Crippen LogP contribution in [0.3, 0.4) is 0 Å². The maximum absolute atomic E-state index is 12.2. The molecule has 0 spiro atoms. The van der Waals surface area contributed by atoms with Crippen LogP contribution in [0.4, 0.5) is 0 Å². The number of methoxy groups -OCH3 is 1. The first-order valence-corrected chi connectivity index (χ1v) is 9.57. The third kappa shape index (κ3) is 5.24. The molecular weight excluding hydrogens is 386 g/mol. The molecule has 0 radical (unpaired) electrons. The number of rotatable bonds is 7. The van der Waals surface area contributed by atoms with Crippen LogP contribution < -0.4 is 10.1 Å². The fourth-order valence-electron chi connectivity index (χ4n) is 2.36. The Kier molecular flexibility index (Phi) is 6.36. The quantitative estimate of drug-likeness (QED) is 0.590. The average Bonchev–Trinajstić information content (AvgIpc) is 3.16. The summed E-state index contributed by atoms with van der Waals surface area (Å²) in [6.45, 7) is 1.92. The third-order valence-electron chi connectivity index (χ3n) is 3.82. The van der Waals surface area contributed by atoms with E-state index in [1.54, 1.807) is 19.2 Å². The maximum atomic E-state index is 12.2. The summed E-state index contributed by atoms with van der Waals surface area (Å²) in [5.74, 6) is 1.21. The molecule has 3 rings (SSSR count). The third-order valence-corrected chi connectivity index (χ3v) is 4.89. The molecule has 3 aromatic rings. The summed E-state index contributed by atoms with van der Waals surface area (Å²) in [4.78, 5) is 12.2. The first-order valence-electron chi connectivity index (χ1n) is 8.20. The molecule has 0 aliphatic carbocycles. The molecule has 140 valence electrons. The molecule has 1 atom stereocenters. The van der Waals surface area contributed by atoms with Gasteiger partial charge in [-0.1, -0.05) is 35.5 Å². The minimum absolute atomic E-state index is 0.118. The van der Waals surface area contributed by atoms with Gasteiger partial charge in [0.25, 0.3) is 5.22 Å². The summed E-state index contributed by atoms with van der Waals surface area (Å²) < 4.78 is 10.7. The number of hydrogen-bond acceptors (Lipinski definition) is 6. The van der Waals surface area contributed by atoms with Gasteiger partial charge in [0.1, 0.15) is 5.75 Å². The van der Waals surface area contributed by atoms with E-state index in [1.807, 2.05) is 43.3 Å². The van der Waals surface area contributed by atoms with Gasteiger partial charge in [0.05, 0.1) is 18.9 Å². The highest BCUT2D eigenvalue weighted by molar-refractivity contribution is 7.99. The monoisotopic (exact) mass is 403 g/mol. The van der Waals surface area contributed by atoms with Gasteiger partial charge in [-0.05, 0) is 48.9 Å². The van der Waals surface area contributed by atoms with Crippen LogP contribution in [0.25, 0.3) is 11.5 Å². The summed E-state index contributed by atoms with van der Waals surface area (Å²) in [6.07, 6.45) is 0. The second kappa shape index (κ2) is 8.92. The number of aromatic nitrogens is 2. The van der Waals surface area contributed by atoms with E-state index in [-0.39, 0.29) is 17.7 Å². The Bertz CT molecular complexity index is 897. The minimum Gasteiger partial charge on any atom is -0.497 e. The number of benzene rings is 2. The molecule has 8 heteroatoms. The molecule has 1 amide bonds. The lowest BCUT2D eigenvalue weighted by atomic mass is 10.1. The van der Waals surface area contributed by atoms with Crippen LogP contribution in [0, 0.1) is 0 Å². The summed E-state index contributed by atoms with van der Waals surface area (Å²) in [7, 11) is 1.61. The molecule has 6 nitrogen and oxygen atoms in total. The molecule has 1 N–H and O–H groups in total. The van der Waals surface area contributed by atoms with Gasteiger partial charge in [-0.25, -0.2) is 0 Å². The van der Waals surface area contributed by atoms with E-state index in [0.717, 1.165) is 16.9 Å². The van der Waals surface area contributed by atoms with Crippen molar-refractivity contribution in [2.24, 2.45) is 0 Å². The lowest BCUT2D eigenvalue weighted by molar-refractivity contribution is -0.119. The summed E-state index contributed by atoms with van der Waals surface area (Å²) >= 11 is 7.07. The topological polar surface area (TPSA) is 77.2 Å². The smallest absolute Gasteiger partial charge is 0.277 e. The molecule has 0 aliphatic rings. The standard InChI is InChI=1S/C19H18ClN3O3S/c1-12(13-3-7-15(20)8-4-13)21-17(24)11-27-19-23-22-18(26-19)14-5-9-16(25-2)10-6-14/h3-10,12H,11H2,1-2H3,(H,21,24)/t12-/m1/s1. The van der Waals surface area contributed by atoms with Crippen LogP contribution in [0.5, 0.6) is 5.75 Å². The molecule has 0 aliphatic heterocycles. The molecular formula is C19H18ClN3O3S. The van der Waals surface area contributed by atoms with Crippen molar-refractivity contribution in [3.05, 3.63) is 59.1 Å². The van der Waals surface area contributed by atoms with Crippen molar-refractivity contribution in [1.29, 1.82) is 0 Å². The zero-order valence-corrected chi connectivity index (χ0v) is 16.4. The molecule has 0 unspecified atom stereocenters. The summed E-state index contributed by atoms with van der Waals surface area (Å²) in [6, 6.07) is 14.6. The predicted molar refractivity (Wildman–Crippen MR) is 105 cm³/mol. The largest absolute Gasteiger partial charge is 0.497 e. The van der Waals surface area contributed by atoms with Gasteiger partial charge in [0, 0.05) is 10.6 Å². The fraction of sp³-hybridized carbons (Fsp3) is 0.211. The molecule has 27 heavy (non-hydrogen) atoms. The van der Waals surface area contributed by atoms with Crippen molar-refractivity contribution in [3.8, 4) is 17.2 Å². The van der Waals surface area contributed by atoms with E-state index >= 15 is 0 Å². The number of amides is 1. The number of carbonyl (C=O) groups is 1. The fourth-order valence-corrected chi connectivity index (χ4v) is 3.06. The van der Waals surface area contributed by atoms with Crippen LogP contribution in [-0.4, -0.2) is 29.0 Å². The number of ether oxygens (including phenoxy) is 1. The first-order chi connectivity index (χ1) is 13.0. The number of carbonyl (C=O) groups excluding carboxylic acids is 1. The normalized spacial score (nSPS) is 11.8. The molecule has 0 bridgehead atoms. The number of thioether (sulfide) groups is 1. The average molecular weight is 404 g/mol. The maximum Gasteiger partial charge on any atom is 0.277 e. The molecule has 0 saturated carbocycles. The Labute approximate surface area is 166 Å². The van der Waals surface area contributed by atoms with E-state index in [4.69, 9.17) is 20.8 Å². The number of hydrogen-bond donors (Lipinski definition) is 1. The van der Waals surface area contributed by atoms with E-state index < -0.39 is 0 Å². The predicted octanol–water partition coefficient (Wildman–Crippen LogP) is 4.37. The van der Waals surface area contributed by atoms with Gasteiger partial charge in [-0.15, -0.1) is 10.2 Å². The highest BCUT2D eigenvalue weighted by atomic mass is 35.5. The van der Waals surface area contributed by atoms with Crippen molar-refractivity contribution in [2.75, 3.05) is 12.9 Å². The highest BCUT2D eigenvalue weighted by Gasteiger charge is 2.13. The Hall–Kier alpha value is -2.51. The van der Waals surface area contributed by atoms with Crippen molar-refractivity contribution in [1.82, 2.24) is 15.5 Å². The zero-order chi connectivity index (χ0) is 19.2. The molecule has 2 aromatic carbocycles. The van der Waals surface area contributed by atoms with Gasteiger partial charge in [0.15, 0.2) is 0 Å². The Balaban J connectivity index is 1.53. The van der Waals surface area contributed by atoms with Crippen LogP contribution in [0.1, 0.15) is 18.5 Å². The van der Waals surface area contributed by atoms with Gasteiger partial charge in [0.2, 0.25) is 11.8 Å². The minimum atomic E-state index is -0.119. The van der Waals surface area contributed by atoms with Crippen molar-refractivity contribution in [2.45, 2.75) is 18.2 Å². The zero-order valence-electron chi connectivity index (χ0n) is 14.8. The molecule has 1 heterocycles. The van der Waals surface area contributed by atoms with Crippen LogP contribution in [-0.2, 0) is 4.79 Å². The molecule has 0 fully saturated rings. The van der Waals surface area contributed by atoms with E-state index in [1.165, 1.54) is 11.8 Å². The lowest BCUT2D eigenvalue weighted by Gasteiger charge is -2.13. The SMILES string of the molecule is COc1ccc(-c2nnc(SCC(=O)N[C@H](C)c3ccc(Cl)cc3)o2)cc1. The first kappa shape index (κ1) is 19.3. The van der Waals surface area contributed by atoms with Gasteiger partial charge in [-0.3, -0.25) is 4.79 Å². The van der Waals surface area contributed by atoms with Gasteiger partial charge < -0.3 is 14.5 Å². The van der Waals surface area contributed by atoms with Crippen molar-refractivity contribution < 1.29 is 13.9 Å². The summed E-state index contributed by atoms with van der Waals surface area (Å²) in [5, 5.41) is 11.9. The highest BCUT2D eigenvalue weighted by Crippen LogP contribution is 2.25. The second-order valence-corrected chi connectivity index (χ2v) is 7.09. The Morgan fingerprint density at radius 1 is 1.19 bits per heavy atom. The second-order valence-electron chi connectivity index (χ2n) is 5.73. The Morgan fingerprint density at radius 3 is 2.56 bits per heavy atom. The molecule has 1 aromatic heterocycles. The number of halogens is 1. The van der Waals surface area contributed by atoms with Gasteiger partial charge >= 0.3 is 0 Å². The van der Waals surface area contributed by atoms with E-state index in [2.05, 4.69) is 15.5 Å². The van der Waals surface area contributed by atoms with E-state index in [9.17, 15) is 4.79 Å². The lowest BCUT2D eigenvalue weighted by Crippen LogP contribution is -2.28. The van der Waals surface area contributed by atoms with Crippen molar-refractivity contribution >= 4 is 29.3 Å². The summed E-state index contributed by atoms with van der Waals surface area (Å²) in [5.41, 5.74) is 1.77. The van der Waals surface area contributed by atoms with Crippen molar-refractivity contribution in [3.63, 3.8) is 0 Å². The van der Waals surface area contributed by atoms with E-state index in [0.29, 0.717) is 16.1 Å². The van der Waals surface area contributed by atoms with Gasteiger partial charge in [-0.2, -0.15) is 0 Å². The number of nitrogens with zero attached hydrogens (tertiary/aromatic N) is 2.